The van der Waals surface area contributed by atoms with Gasteiger partial charge in [-0.25, -0.2) is 9.59 Å². The van der Waals surface area contributed by atoms with Crippen molar-refractivity contribution in [1.82, 2.24) is 10.6 Å². The molecule has 1 aromatic rings. The Morgan fingerprint density at radius 2 is 1.95 bits per heavy atom. The van der Waals surface area contributed by atoms with E-state index in [1.165, 1.54) is 6.92 Å². The van der Waals surface area contributed by atoms with Gasteiger partial charge in [0.2, 0.25) is 0 Å². The van der Waals surface area contributed by atoms with Crippen LogP contribution in [0.3, 0.4) is 0 Å². The molecule has 108 valence electrons. The topological polar surface area (TPSA) is 84.5 Å². The quantitative estimate of drug-likeness (QED) is 0.606. The van der Waals surface area contributed by atoms with Gasteiger partial charge in [-0.3, -0.25) is 10.1 Å². The maximum atomic E-state index is 11.9. The summed E-state index contributed by atoms with van der Waals surface area (Å²) in [7, 11) is 0. The lowest BCUT2D eigenvalue weighted by Crippen LogP contribution is -2.44. The van der Waals surface area contributed by atoms with Gasteiger partial charge in [0.1, 0.15) is 0 Å². The summed E-state index contributed by atoms with van der Waals surface area (Å²) in [6.45, 7) is 3.53. The maximum absolute atomic E-state index is 11.9. The van der Waals surface area contributed by atoms with Gasteiger partial charge in [-0.05, 0) is 48.6 Å². The van der Waals surface area contributed by atoms with E-state index in [1.807, 2.05) is 22.6 Å². The Hall–Kier alpha value is -1.64. The molecule has 1 rings (SSSR count). The molecule has 7 heteroatoms. The molecule has 0 saturated carbocycles. The Kier molecular flexibility index (Phi) is 6.43. The van der Waals surface area contributed by atoms with E-state index in [2.05, 4.69) is 10.6 Å². The molecule has 1 atom stereocenters. The van der Waals surface area contributed by atoms with Crippen molar-refractivity contribution in [3.05, 3.63) is 33.4 Å². The number of nitrogens with one attached hydrogen (secondary N) is 2. The van der Waals surface area contributed by atoms with Crippen LogP contribution in [0.15, 0.2) is 24.3 Å². The van der Waals surface area contributed by atoms with Gasteiger partial charge in [0.15, 0.2) is 6.10 Å². The van der Waals surface area contributed by atoms with Crippen molar-refractivity contribution in [1.29, 1.82) is 0 Å². The fraction of sp³-hybridized carbons (Fsp3) is 0.308. The average Bonchev–Trinajstić information content (AvgIpc) is 2.39. The van der Waals surface area contributed by atoms with Crippen molar-refractivity contribution in [3.63, 3.8) is 0 Å². The summed E-state index contributed by atoms with van der Waals surface area (Å²) in [5.41, 5.74) is 0.380. The van der Waals surface area contributed by atoms with Crippen molar-refractivity contribution >= 4 is 40.5 Å². The maximum Gasteiger partial charge on any atom is 0.339 e. The normalized spacial score (nSPS) is 11.3. The van der Waals surface area contributed by atoms with Crippen LogP contribution in [0.25, 0.3) is 0 Å². The van der Waals surface area contributed by atoms with Crippen molar-refractivity contribution in [2.24, 2.45) is 0 Å². The molecule has 6 nitrogen and oxygen atoms in total. The molecule has 0 saturated heterocycles. The Morgan fingerprint density at radius 1 is 1.30 bits per heavy atom. The van der Waals surface area contributed by atoms with Crippen LogP contribution in [-0.4, -0.2) is 30.6 Å². The molecule has 0 aliphatic rings. The number of hydrogen-bond donors (Lipinski definition) is 2. The fourth-order valence-electron chi connectivity index (χ4n) is 1.32. The van der Waals surface area contributed by atoms with Crippen molar-refractivity contribution in [3.8, 4) is 0 Å². The lowest BCUT2D eigenvalue weighted by atomic mass is 10.2. The predicted octanol–water partition coefficient (Wildman–Crippen LogP) is 1.68. The van der Waals surface area contributed by atoms with Crippen LogP contribution in [0.5, 0.6) is 0 Å². The number of carbonyl (C=O) groups excluding carboxylic acids is 3. The molecule has 20 heavy (non-hydrogen) atoms. The van der Waals surface area contributed by atoms with Gasteiger partial charge in [0.05, 0.1) is 5.56 Å². The molecule has 0 aliphatic heterocycles. The zero-order chi connectivity index (χ0) is 15.1. The molecule has 3 amide bonds. The van der Waals surface area contributed by atoms with Gasteiger partial charge in [0.25, 0.3) is 5.91 Å². The number of hydrogen-bond acceptors (Lipinski definition) is 4. The monoisotopic (exact) mass is 390 g/mol. The Balaban J connectivity index is 2.60. The molecular formula is C13H15IN2O4. The zero-order valence-corrected chi connectivity index (χ0v) is 13.3. The highest BCUT2D eigenvalue weighted by Gasteiger charge is 2.21. The molecule has 0 aromatic heterocycles. The molecule has 1 aromatic carbocycles. The SMILES string of the molecule is CCNC(=O)NC(=O)[C@@H](C)OC(=O)c1ccccc1I. The van der Waals surface area contributed by atoms with Crippen LogP contribution in [0.2, 0.25) is 0 Å². The largest absolute Gasteiger partial charge is 0.449 e. The third-order valence-corrected chi connectivity index (χ3v) is 3.26. The van der Waals surface area contributed by atoms with Gasteiger partial charge in [-0.2, -0.15) is 0 Å². The van der Waals surface area contributed by atoms with Crippen molar-refractivity contribution in [2.45, 2.75) is 20.0 Å². The zero-order valence-electron chi connectivity index (χ0n) is 11.1. The summed E-state index contributed by atoms with van der Waals surface area (Å²) in [6.07, 6.45) is -1.05. The molecule has 0 aliphatic carbocycles. The number of imide groups is 1. The number of esters is 1. The number of ether oxygens (including phenoxy) is 1. The lowest BCUT2D eigenvalue weighted by molar-refractivity contribution is -0.127. The van der Waals surface area contributed by atoms with Gasteiger partial charge in [-0.1, -0.05) is 12.1 Å². The van der Waals surface area contributed by atoms with Crippen LogP contribution in [-0.2, 0) is 9.53 Å². The van der Waals surface area contributed by atoms with Crippen LogP contribution in [0, 0.1) is 3.57 Å². The highest BCUT2D eigenvalue weighted by atomic mass is 127. The van der Waals surface area contributed by atoms with Crippen LogP contribution in [0.4, 0.5) is 4.79 Å². The van der Waals surface area contributed by atoms with Crippen molar-refractivity contribution < 1.29 is 19.1 Å². The highest BCUT2D eigenvalue weighted by molar-refractivity contribution is 14.1. The molecular weight excluding hydrogens is 375 g/mol. The van der Waals surface area contributed by atoms with E-state index in [0.29, 0.717) is 12.1 Å². The average molecular weight is 390 g/mol. The summed E-state index contributed by atoms with van der Waals surface area (Å²) >= 11 is 2.01. The highest BCUT2D eigenvalue weighted by Crippen LogP contribution is 2.13. The first-order chi connectivity index (χ1) is 9.45. The van der Waals surface area contributed by atoms with E-state index in [1.54, 1.807) is 31.2 Å². The number of benzene rings is 1. The second-order valence-electron chi connectivity index (χ2n) is 3.88. The minimum Gasteiger partial charge on any atom is -0.449 e. The first-order valence-electron chi connectivity index (χ1n) is 6.00. The minimum absolute atomic E-state index is 0.380. The number of urea groups is 1. The summed E-state index contributed by atoms with van der Waals surface area (Å²) in [6, 6.07) is 6.26. The van der Waals surface area contributed by atoms with E-state index in [-0.39, 0.29) is 0 Å². The standard InChI is InChI=1S/C13H15IN2O4/c1-3-15-13(19)16-11(17)8(2)20-12(18)9-6-4-5-7-10(9)14/h4-8H,3H2,1-2H3,(H2,15,16,17,19)/t8-/m1/s1. The van der Waals surface area contributed by atoms with Crippen molar-refractivity contribution in [2.75, 3.05) is 6.54 Å². The molecule has 0 radical (unpaired) electrons. The second-order valence-corrected chi connectivity index (χ2v) is 5.04. The van der Waals surface area contributed by atoms with Gasteiger partial charge in [-0.15, -0.1) is 0 Å². The lowest BCUT2D eigenvalue weighted by Gasteiger charge is -2.13. The smallest absolute Gasteiger partial charge is 0.339 e. The van der Waals surface area contributed by atoms with Gasteiger partial charge < -0.3 is 10.1 Å². The second kappa shape index (κ2) is 7.83. The number of carbonyl (C=O) groups is 3. The van der Waals surface area contributed by atoms with Crippen LogP contribution >= 0.6 is 22.6 Å². The molecule has 0 bridgehead atoms. The number of halogens is 1. The molecule has 0 heterocycles. The minimum atomic E-state index is -1.05. The number of rotatable bonds is 4. The van der Waals surface area contributed by atoms with Gasteiger partial charge in [0, 0.05) is 10.1 Å². The predicted molar refractivity (Wildman–Crippen MR) is 81.3 cm³/mol. The molecule has 0 spiro atoms. The van der Waals surface area contributed by atoms with Crippen LogP contribution < -0.4 is 10.6 Å². The van der Waals surface area contributed by atoms with E-state index >= 15 is 0 Å². The third-order valence-electron chi connectivity index (χ3n) is 2.32. The first kappa shape index (κ1) is 16.4. The fourth-order valence-corrected chi connectivity index (χ4v) is 1.93. The van der Waals surface area contributed by atoms with E-state index in [0.717, 1.165) is 3.57 Å². The number of amides is 3. The van der Waals surface area contributed by atoms with E-state index in [4.69, 9.17) is 4.74 Å². The first-order valence-corrected chi connectivity index (χ1v) is 7.07. The van der Waals surface area contributed by atoms with E-state index in [9.17, 15) is 14.4 Å². The Bertz CT molecular complexity index is 519. The Labute approximate surface area is 130 Å². The Morgan fingerprint density at radius 3 is 2.55 bits per heavy atom. The summed E-state index contributed by atoms with van der Waals surface area (Å²) in [4.78, 5) is 34.7. The summed E-state index contributed by atoms with van der Waals surface area (Å²) < 4.78 is 5.75. The van der Waals surface area contributed by atoms with Gasteiger partial charge >= 0.3 is 12.0 Å². The molecule has 0 unspecified atom stereocenters. The summed E-state index contributed by atoms with van der Waals surface area (Å²) in [5.74, 6) is -1.27. The third kappa shape index (κ3) is 4.80. The molecule has 2 N–H and O–H groups in total. The van der Waals surface area contributed by atoms with Crippen LogP contribution in [0.1, 0.15) is 24.2 Å². The molecule has 0 fully saturated rings. The van der Waals surface area contributed by atoms with E-state index < -0.39 is 24.0 Å². The summed E-state index contributed by atoms with van der Waals surface area (Å²) in [5, 5.41) is 4.50.